The van der Waals surface area contributed by atoms with E-state index in [9.17, 15) is 0 Å². The minimum atomic E-state index is 1.07. The van der Waals surface area contributed by atoms with Crippen LogP contribution in [0.4, 0.5) is 0 Å². The Hall–Kier alpha value is -0.160. The first kappa shape index (κ1) is 39.8. The van der Waals surface area contributed by atoms with E-state index in [0.29, 0.717) is 0 Å². The van der Waals surface area contributed by atoms with E-state index >= 15 is 0 Å². The van der Waals surface area contributed by atoms with E-state index in [4.69, 9.17) is 0 Å². The largest absolute Gasteiger partial charge is 0.323 e. The smallest absolute Gasteiger partial charge is 0.00520 e. The van der Waals surface area contributed by atoms with Gasteiger partial charge in [-0.3, -0.25) is 0 Å². The Labute approximate surface area is 163 Å². The Morgan fingerprint density at radius 1 is 0.480 bits per heavy atom. The van der Waals surface area contributed by atoms with Gasteiger partial charge in [0.15, 0.2) is 0 Å². The van der Waals surface area contributed by atoms with Crippen molar-refractivity contribution in [2.45, 2.75) is 87.0 Å². The molecular weight excluding hydrogens is 308 g/mol. The van der Waals surface area contributed by atoms with Crippen LogP contribution in [0.15, 0.2) is 0 Å². The molecule has 0 saturated carbocycles. The molecule has 0 aliphatic carbocycles. The maximum Gasteiger partial charge on any atom is -0.00520 e. The minimum Gasteiger partial charge on any atom is -0.323 e. The maximum absolute atomic E-state index is 3.07. The number of rotatable bonds is 7. The van der Waals surface area contributed by atoms with E-state index in [2.05, 4.69) is 69.7 Å². The molecule has 0 aliphatic rings. The summed E-state index contributed by atoms with van der Waals surface area (Å²) in [5.41, 5.74) is 0. The normalized spacial score (nSPS) is 7.68. The summed E-state index contributed by atoms with van der Waals surface area (Å²) in [4.78, 5) is 0. The van der Waals surface area contributed by atoms with Gasteiger partial charge in [-0.2, -0.15) is 0 Å². The molecule has 0 bridgehead atoms. The molecule has 0 atom stereocenters. The standard InChI is InChI=1S/C5H13N.C4H11N.C4H10.C3H9N.C3H8.C2H7N/c1-3-4-5-6-2;1-3-4-5-2;2*1-3-4-2;2*1-3-2/h6H,3-5H2,1-2H3;5H,3-4H2,1-2H3;3-4H2,1-2H3;4H,3H2,1-2H3;3H2,1-2H3;3H,1-2H3. The van der Waals surface area contributed by atoms with Gasteiger partial charge in [0.1, 0.15) is 0 Å². The van der Waals surface area contributed by atoms with Crippen LogP contribution < -0.4 is 21.3 Å². The van der Waals surface area contributed by atoms with Crippen molar-refractivity contribution in [3.05, 3.63) is 0 Å². The average Bonchev–Trinajstić information content (AvgIpc) is 2.63. The predicted molar refractivity (Wildman–Crippen MR) is 124 cm³/mol. The van der Waals surface area contributed by atoms with Gasteiger partial charge in [0.05, 0.1) is 0 Å². The lowest BCUT2D eigenvalue weighted by atomic mass is 10.3. The van der Waals surface area contributed by atoms with Crippen molar-refractivity contribution in [1.82, 2.24) is 21.3 Å². The van der Waals surface area contributed by atoms with Crippen molar-refractivity contribution in [2.75, 3.05) is 54.9 Å². The van der Waals surface area contributed by atoms with Crippen LogP contribution in [-0.2, 0) is 0 Å². The highest BCUT2D eigenvalue weighted by atomic mass is 14.8. The quantitative estimate of drug-likeness (QED) is 0.484. The van der Waals surface area contributed by atoms with Gasteiger partial charge >= 0.3 is 0 Å². The Morgan fingerprint density at radius 2 is 0.800 bits per heavy atom. The Kier molecular flexibility index (Phi) is 120. The van der Waals surface area contributed by atoms with Crippen molar-refractivity contribution in [3.8, 4) is 0 Å². The number of hydrogen-bond donors (Lipinski definition) is 4. The number of hydrogen-bond acceptors (Lipinski definition) is 4. The molecule has 0 radical (unpaired) electrons. The Morgan fingerprint density at radius 3 is 0.840 bits per heavy atom. The number of unbranched alkanes of at least 4 members (excludes halogenated alkanes) is 2. The topological polar surface area (TPSA) is 48.1 Å². The van der Waals surface area contributed by atoms with Gasteiger partial charge < -0.3 is 21.3 Å². The third kappa shape index (κ3) is 243. The molecule has 0 aromatic carbocycles. The maximum atomic E-state index is 3.07. The zero-order valence-corrected chi connectivity index (χ0v) is 20.4. The van der Waals surface area contributed by atoms with Crippen LogP contribution in [0, 0.1) is 0 Å². The molecule has 0 aromatic heterocycles. The van der Waals surface area contributed by atoms with Crippen molar-refractivity contribution in [1.29, 1.82) is 0 Å². The molecule has 0 aromatic rings. The number of nitrogens with one attached hydrogen (secondary N) is 4. The van der Waals surface area contributed by atoms with Gasteiger partial charge in [-0.1, -0.05) is 74.1 Å². The predicted octanol–water partition coefficient (Wildman–Crippen LogP) is 4.91. The van der Waals surface area contributed by atoms with Gasteiger partial charge in [-0.15, -0.1) is 0 Å². The van der Waals surface area contributed by atoms with Gasteiger partial charge in [-0.05, 0) is 67.7 Å². The molecule has 162 valence electrons. The SMILES string of the molecule is CCC.CCCC.CCCCNC.CCCNC.CCNC.CNC. The van der Waals surface area contributed by atoms with Gasteiger partial charge in [0.25, 0.3) is 0 Å². The first-order chi connectivity index (χ1) is 12.0. The van der Waals surface area contributed by atoms with E-state index in [1.54, 1.807) is 0 Å². The van der Waals surface area contributed by atoms with E-state index in [0.717, 1.165) is 19.6 Å². The van der Waals surface area contributed by atoms with Crippen LogP contribution >= 0.6 is 0 Å². The Bertz CT molecular complexity index is 96.1. The third-order valence-corrected chi connectivity index (χ3v) is 2.13. The van der Waals surface area contributed by atoms with E-state index in [-0.39, 0.29) is 0 Å². The second-order valence-corrected chi connectivity index (χ2v) is 5.47. The molecule has 0 unspecified atom stereocenters. The van der Waals surface area contributed by atoms with Crippen molar-refractivity contribution in [3.63, 3.8) is 0 Å². The molecule has 0 fully saturated rings. The first-order valence-corrected chi connectivity index (χ1v) is 10.5. The molecular formula is C21H58N4. The highest BCUT2D eigenvalue weighted by Crippen LogP contribution is 1.79. The molecule has 0 aliphatic heterocycles. The Balaban J connectivity index is -0.0000000442. The fraction of sp³-hybridized carbons (Fsp3) is 1.00. The summed E-state index contributed by atoms with van der Waals surface area (Å²) in [5, 5.41) is 11.8. The molecule has 0 amide bonds. The average molecular weight is 367 g/mol. The molecule has 4 heteroatoms. The van der Waals surface area contributed by atoms with Crippen LogP contribution in [-0.4, -0.2) is 54.9 Å². The lowest BCUT2D eigenvalue weighted by Gasteiger charge is -1.89. The molecule has 4 N–H and O–H groups in total. The molecule has 25 heavy (non-hydrogen) atoms. The van der Waals surface area contributed by atoms with Crippen LogP contribution in [0.25, 0.3) is 0 Å². The summed E-state index contributed by atoms with van der Waals surface area (Å²) < 4.78 is 0. The summed E-state index contributed by atoms with van der Waals surface area (Å²) >= 11 is 0. The summed E-state index contributed by atoms with van der Waals surface area (Å²) in [6.07, 6.45) is 7.72. The van der Waals surface area contributed by atoms with Crippen molar-refractivity contribution < 1.29 is 0 Å². The second-order valence-electron chi connectivity index (χ2n) is 5.47. The fourth-order valence-corrected chi connectivity index (χ4v) is 0.604. The fourth-order valence-electron chi connectivity index (χ4n) is 0.604. The van der Waals surface area contributed by atoms with Crippen molar-refractivity contribution >= 4 is 0 Å². The highest BCUT2D eigenvalue weighted by molar-refractivity contribution is 4.34. The first-order valence-electron chi connectivity index (χ1n) is 10.5. The monoisotopic (exact) mass is 366 g/mol. The zero-order chi connectivity index (χ0) is 21.2. The lowest BCUT2D eigenvalue weighted by molar-refractivity contribution is 0.711. The van der Waals surface area contributed by atoms with Gasteiger partial charge in [0, 0.05) is 0 Å². The van der Waals surface area contributed by atoms with Crippen LogP contribution in [0.2, 0.25) is 0 Å². The summed E-state index contributed by atoms with van der Waals surface area (Å²) in [7, 11) is 9.62. The van der Waals surface area contributed by atoms with E-state index in [1.807, 2.05) is 35.2 Å². The van der Waals surface area contributed by atoms with Gasteiger partial charge in [-0.25, -0.2) is 0 Å². The highest BCUT2D eigenvalue weighted by Gasteiger charge is 1.73. The second kappa shape index (κ2) is 75.4. The van der Waals surface area contributed by atoms with Crippen LogP contribution in [0.1, 0.15) is 87.0 Å². The molecule has 0 saturated heterocycles. The minimum absolute atomic E-state index is 1.07. The lowest BCUT2D eigenvalue weighted by Crippen LogP contribution is -2.06. The molecule has 0 spiro atoms. The molecule has 4 nitrogen and oxygen atoms in total. The van der Waals surface area contributed by atoms with E-state index < -0.39 is 0 Å². The third-order valence-electron chi connectivity index (χ3n) is 2.13. The zero-order valence-electron chi connectivity index (χ0n) is 20.4. The van der Waals surface area contributed by atoms with E-state index in [1.165, 1.54) is 38.5 Å². The summed E-state index contributed by atoms with van der Waals surface area (Å²) in [5.74, 6) is 0. The van der Waals surface area contributed by atoms with Crippen molar-refractivity contribution in [2.24, 2.45) is 0 Å². The summed E-state index contributed by atoms with van der Waals surface area (Å²) in [6, 6.07) is 0. The van der Waals surface area contributed by atoms with Crippen LogP contribution in [0.5, 0.6) is 0 Å². The van der Waals surface area contributed by atoms with Gasteiger partial charge in [0.2, 0.25) is 0 Å². The molecule has 0 rings (SSSR count). The summed E-state index contributed by atoms with van der Waals surface area (Å²) in [6.45, 7) is 18.4. The van der Waals surface area contributed by atoms with Crippen LogP contribution in [0.3, 0.4) is 0 Å². The molecule has 0 heterocycles.